The Hall–Kier alpha value is -3.50. The lowest BCUT2D eigenvalue weighted by atomic mass is 10.1. The number of rotatable bonds is 5. The maximum absolute atomic E-state index is 13.0. The first-order valence-electron chi connectivity index (χ1n) is 9.74. The van der Waals surface area contributed by atoms with Gasteiger partial charge in [-0.05, 0) is 79.9 Å². The Labute approximate surface area is 191 Å². The van der Waals surface area contributed by atoms with Crippen LogP contribution in [0.15, 0.2) is 62.3 Å². The van der Waals surface area contributed by atoms with Crippen molar-refractivity contribution >= 4 is 51.6 Å². The summed E-state index contributed by atoms with van der Waals surface area (Å²) in [6, 6.07) is 13.8. The van der Waals surface area contributed by atoms with Gasteiger partial charge < -0.3 is 15.6 Å². The molecule has 32 heavy (non-hydrogen) atoms. The van der Waals surface area contributed by atoms with Crippen molar-refractivity contribution in [1.29, 1.82) is 0 Å². The summed E-state index contributed by atoms with van der Waals surface area (Å²) in [6.07, 6.45) is 0. The summed E-state index contributed by atoms with van der Waals surface area (Å²) in [7, 11) is 1.77. The number of amides is 2. The number of hydrogen-bond acceptors (Lipinski definition) is 6. The number of carbonyl (C=O) groups is 1. The van der Waals surface area contributed by atoms with Crippen molar-refractivity contribution in [3.05, 3.63) is 79.8 Å². The second-order valence-electron chi connectivity index (χ2n) is 7.11. The molecule has 0 aliphatic carbocycles. The van der Waals surface area contributed by atoms with Crippen molar-refractivity contribution in [1.82, 2.24) is 14.3 Å². The molecule has 0 aliphatic heterocycles. The zero-order chi connectivity index (χ0) is 22.8. The molecule has 2 aromatic heterocycles. The number of aryl methyl sites for hydroxylation is 2. The Morgan fingerprint density at radius 1 is 1.03 bits per heavy atom. The van der Waals surface area contributed by atoms with E-state index in [0.717, 1.165) is 14.5 Å². The van der Waals surface area contributed by atoms with Gasteiger partial charge in [0.05, 0.1) is 20.8 Å². The van der Waals surface area contributed by atoms with Crippen LogP contribution in [0.5, 0.6) is 0 Å². The molecule has 0 bridgehead atoms. The summed E-state index contributed by atoms with van der Waals surface area (Å²) in [5.41, 5.74) is 2.00. The fourth-order valence-corrected chi connectivity index (χ4v) is 4.95. The molecule has 0 saturated carbocycles. The van der Waals surface area contributed by atoms with Crippen molar-refractivity contribution in [3.63, 3.8) is 0 Å². The van der Waals surface area contributed by atoms with Gasteiger partial charge >= 0.3 is 11.7 Å². The first-order chi connectivity index (χ1) is 15.4. The van der Waals surface area contributed by atoms with Gasteiger partial charge in [0.25, 0.3) is 5.56 Å². The second-order valence-corrected chi connectivity index (χ2v) is 9.50. The van der Waals surface area contributed by atoms with Crippen LogP contribution < -0.4 is 26.6 Å². The summed E-state index contributed by atoms with van der Waals surface area (Å²) >= 11 is 2.84. The largest absolute Gasteiger partial charge is 0.388 e. The highest BCUT2D eigenvalue weighted by Crippen LogP contribution is 2.24. The van der Waals surface area contributed by atoms with E-state index in [1.54, 1.807) is 61.7 Å². The zero-order valence-corrected chi connectivity index (χ0v) is 19.2. The van der Waals surface area contributed by atoms with E-state index in [2.05, 4.69) is 20.3 Å². The maximum Gasteiger partial charge on any atom is 0.333 e. The van der Waals surface area contributed by atoms with E-state index in [1.807, 2.05) is 19.1 Å². The number of anilines is 2. The van der Waals surface area contributed by atoms with Gasteiger partial charge in [0.1, 0.15) is 0 Å². The Morgan fingerprint density at radius 3 is 2.50 bits per heavy atom. The van der Waals surface area contributed by atoms with Crippen molar-refractivity contribution in [2.75, 3.05) is 17.7 Å². The van der Waals surface area contributed by atoms with E-state index in [0.29, 0.717) is 27.8 Å². The molecule has 164 valence electrons. The number of aromatic amines is 1. The number of urea groups is 1. The van der Waals surface area contributed by atoms with E-state index < -0.39 is 11.2 Å². The predicted octanol–water partition coefficient (Wildman–Crippen LogP) is 4.23. The molecule has 4 rings (SSSR count). The van der Waals surface area contributed by atoms with Crippen LogP contribution in [0.1, 0.15) is 10.4 Å². The molecule has 0 atom stereocenters. The number of nitrogens with zero attached hydrogens (tertiary/aromatic N) is 1. The first kappa shape index (κ1) is 21.7. The van der Waals surface area contributed by atoms with Crippen molar-refractivity contribution < 1.29 is 4.79 Å². The van der Waals surface area contributed by atoms with Crippen LogP contribution in [0.25, 0.3) is 16.6 Å². The van der Waals surface area contributed by atoms with Crippen LogP contribution in [0.2, 0.25) is 0 Å². The second kappa shape index (κ2) is 8.93. The Kier molecular flexibility index (Phi) is 6.06. The molecule has 0 unspecified atom stereocenters. The summed E-state index contributed by atoms with van der Waals surface area (Å²) in [4.78, 5) is 41.9. The molecular weight excluding hydrogens is 446 g/mol. The van der Waals surface area contributed by atoms with E-state index in [4.69, 9.17) is 0 Å². The lowest BCUT2D eigenvalue weighted by Gasteiger charge is -2.12. The number of nitrogens with one attached hydrogen (secondary N) is 4. The van der Waals surface area contributed by atoms with E-state index in [-0.39, 0.29) is 6.03 Å². The van der Waals surface area contributed by atoms with Crippen molar-refractivity contribution in [3.8, 4) is 5.69 Å². The Bertz CT molecular complexity index is 1440. The lowest BCUT2D eigenvalue weighted by Crippen LogP contribution is -2.34. The summed E-state index contributed by atoms with van der Waals surface area (Å²) in [6.45, 7) is 3.78. The van der Waals surface area contributed by atoms with Crippen molar-refractivity contribution in [2.24, 2.45) is 0 Å². The first-order valence-corrected chi connectivity index (χ1v) is 11.4. The molecule has 0 saturated heterocycles. The van der Waals surface area contributed by atoms with Crippen LogP contribution >= 0.6 is 23.3 Å². The van der Waals surface area contributed by atoms with Crippen LogP contribution in [-0.2, 0) is 0 Å². The molecule has 10 heteroatoms. The van der Waals surface area contributed by atoms with Gasteiger partial charge in [-0.1, -0.05) is 0 Å². The average Bonchev–Trinajstić information content (AvgIpc) is 3.18. The number of H-pyrrole nitrogens is 1. The summed E-state index contributed by atoms with van der Waals surface area (Å²) < 4.78 is 4.83. The molecule has 2 amide bonds. The molecule has 0 radical (unpaired) electrons. The Morgan fingerprint density at radius 2 is 1.81 bits per heavy atom. The third-order valence-corrected chi connectivity index (χ3v) is 6.76. The zero-order valence-electron chi connectivity index (χ0n) is 17.6. The highest BCUT2D eigenvalue weighted by molar-refractivity contribution is 7.99. The normalized spacial score (nSPS) is 10.8. The highest BCUT2D eigenvalue weighted by atomic mass is 32.2. The van der Waals surface area contributed by atoms with Gasteiger partial charge in [-0.15, -0.1) is 11.3 Å². The molecule has 2 heterocycles. The summed E-state index contributed by atoms with van der Waals surface area (Å²) in [5, 5.41) is 6.15. The standard InChI is InChI=1S/C22H21N5O3S2/c1-12-10-15(24-21(29)26-32-19-9-4-13(2)31-19)6-8-18(12)27-20(28)16-7-5-14(23-3)11-17(16)25-22(27)30/h4-11,23H,1-3H3,(H,25,30)(H2,24,26,29). The minimum Gasteiger partial charge on any atom is -0.388 e. The van der Waals surface area contributed by atoms with Crippen molar-refractivity contribution in [2.45, 2.75) is 18.1 Å². The maximum atomic E-state index is 13.0. The average molecular weight is 468 g/mol. The monoisotopic (exact) mass is 467 g/mol. The van der Waals surface area contributed by atoms with Gasteiger partial charge in [0.15, 0.2) is 0 Å². The molecule has 8 nitrogen and oxygen atoms in total. The minimum absolute atomic E-state index is 0.366. The topological polar surface area (TPSA) is 108 Å². The predicted molar refractivity (Wildman–Crippen MR) is 132 cm³/mol. The number of hydrogen-bond donors (Lipinski definition) is 4. The quantitative estimate of drug-likeness (QED) is 0.329. The van der Waals surface area contributed by atoms with Gasteiger partial charge in [-0.25, -0.2) is 14.2 Å². The van der Waals surface area contributed by atoms with Gasteiger partial charge in [-0.2, -0.15) is 0 Å². The van der Waals surface area contributed by atoms with Crippen LogP contribution in [-0.4, -0.2) is 22.6 Å². The molecule has 0 spiro atoms. The van der Waals surface area contributed by atoms with Crippen LogP contribution in [0.4, 0.5) is 16.2 Å². The fourth-order valence-electron chi connectivity index (χ4n) is 3.30. The molecular formula is C22H21N5O3S2. The smallest absolute Gasteiger partial charge is 0.333 e. The number of aromatic nitrogens is 2. The molecule has 4 aromatic rings. The van der Waals surface area contributed by atoms with Crippen LogP contribution in [0.3, 0.4) is 0 Å². The van der Waals surface area contributed by atoms with Gasteiger partial charge in [-0.3, -0.25) is 9.52 Å². The molecule has 0 aliphatic rings. The number of benzene rings is 2. The van der Waals surface area contributed by atoms with E-state index >= 15 is 0 Å². The van der Waals surface area contributed by atoms with E-state index in [9.17, 15) is 14.4 Å². The third-order valence-electron chi connectivity index (χ3n) is 4.84. The summed E-state index contributed by atoms with van der Waals surface area (Å²) in [5.74, 6) is 0. The third kappa shape index (κ3) is 4.41. The Balaban J connectivity index is 1.58. The fraction of sp³-hybridized carbons (Fsp3) is 0.136. The minimum atomic E-state index is -0.528. The van der Waals surface area contributed by atoms with Gasteiger partial charge in [0, 0.05) is 23.3 Å². The molecule has 4 N–H and O–H groups in total. The number of fused-ring (bicyclic) bond motifs is 1. The van der Waals surface area contributed by atoms with Gasteiger partial charge in [0.2, 0.25) is 0 Å². The molecule has 0 fully saturated rings. The number of thiophene rings is 1. The SMILES string of the molecule is CNc1ccc2c(=O)n(-c3ccc(NC(=O)NSc4ccc(C)s4)cc3C)c(=O)[nH]c2c1. The highest BCUT2D eigenvalue weighted by Gasteiger charge is 2.13. The van der Waals surface area contributed by atoms with E-state index in [1.165, 1.54) is 16.8 Å². The lowest BCUT2D eigenvalue weighted by molar-refractivity contribution is 0.257. The number of carbonyl (C=O) groups excluding carboxylic acids is 1. The van der Waals surface area contributed by atoms with Crippen LogP contribution in [0, 0.1) is 13.8 Å². The molecule has 2 aromatic carbocycles.